The molecule has 0 bridgehead atoms. The van der Waals surface area contributed by atoms with Crippen LogP contribution in [0.25, 0.3) is 16.9 Å². The van der Waals surface area contributed by atoms with Crippen molar-refractivity contribution in [3.8, 4) is 11.3 Å². The molecular formula is C26H29ClN6O2. The molecule has 35 heavy (non-hydrogen) atoms. The summed E-state index contributed by atoms with van der Waals surface area (Å²) in [6.07, 6.45) is 3.66. The summed E-state index contributed by atoms with van der Waals surface area (Å²) in [6.45, 7) is 5.08. The maximum absolute atomic E-state index is 12.9. The zero-order valence-electron chi connectivity index (χ0n) is 19.7. The lowest BCUT2D eigenvalue weighted by Gasteiger charge is -2.10. The molecule has 2 amide bonds. The topological polar surface area (TPSA) is 114 Å². The second kappa shape index (κ2) is 11.6. The quantitative estimate of drug-likeness (QED) is 0.345. The van der Waals surface area contributed by atoms with Crippen LogP contribution >= 0.6 is 12.4 Å². The first-order chi connectivity index (χ1) is 16.5. The number of halogens is 1. The molecule has 2 heterocycles. The molecule has 4 N–H and O–H groups in total. The molecule has 4 aromatic rings. The monoisotopic (exact) mass is 492 g/mol. The van der Waals surface area contributed by atoms with Gasteiger partial charge in [-0.15, -0.1) is 12.4 Å². The van der Waals surface area contributed by atoms with E-state index in [-0.39, 0.29) is 29.9 Å². The van der Waals surface area contributed by atoms with E-state index in [4.69, 9.17) is 5.73 Å². The molecular weight excluding hydrogens is 464 g/mol. The molecule has 0 aliphatic rings. The van der Waals surface area contributed by atoms with E-state index >= 15 is 0 Å². The van der Waals surface area contributed by atoms with Gasteiger partial charge < -0.3 is 16.4 Å². The van der Waals surface area contributed by atoms with Crippen molar-refractivity contribution in [2.24, 2.45) is 5.73 Å². The van der Waals surface area contributed by atoms with Crippen LogP contribution in [0.15, 0.2) is 60.8 Å². The zero-order valence-corrected chi connectivity index (χ0v) is 20.6. The van der Waals surface area contributed by atoms with E-state index in [1.54, 1.807) is 41.0 Å². The first-order valence-electron chi connectivity index (χ1n) is 11.4. The predicted molar refractivity (Wildman–Crippen MR) is 140 cm³/mol. The maximum Gasteiger partial charge on any atom is 0.276 e. The number of rotatable bonds is 8. The van der Waals surface area contributed by atoms with Gasteiger partial charge in [0.25, 0.3) is 11.8 Å². The fourth-order valence-electron chi connectivity index (χ4n) is 3.87. The molecule has 0 aliphatic carbocycles. The summed E-state index contributed by atoms with van der Waals surface area (Å²) in [5.74, 6) is -0.562. The zero-order chi connectivity index (χ0) is 24.1. The predicted octanol–water partition coefficient (Wildman–Crippen LogP) is 3.88. The van der Waals surface area contributed by atoms with Crippen molar-refractivity contribution >= 4 is 35.6 Å². The Bertz CT molecular complexity index is 1330. The normalized spacial score (nSPS) is 10.6. The highest BCUT2D eigenvalue weighted by Crippen LogP contribution is 2.24. The maximum atomic E-state index is 12.9. The highest BCUT2D eigenvalue weighted by atomic mass is 35.5. The molecule has 9 heteroatoms. The van der Waals surface area contributed by atoms with Crippen molar-refractivity contribution in [1.29, 1.82) is 0 Å². The minimum Gasteiger partial charge on any atom is -0.351 e. The van der Waals surface area contributed by atoms with Gasteiger partial charge in [0.05, 0.1) is 5.69 Å². The standard InChI is InChI=1S/C26H28N6O2.ClH/c1-3-17-5-6-20(15-18(17)4-2)23-11-13-28-24-16-22(31-32(23)24)26(34)30-21-9-7-19(8-10-21)25(33)29-14-12-27;/h5-11,13,15-16H,3-4,12,14,27H2,1-2H3,(H,29,33)(H,30,34);1H. The number of carbonyl (C=O) groups excluding carboxylic acids is 2. The van der Waals surface area contributed by atoms with Crippen LogP contribution in [-0.4, -0.2) is 39.5 Å². The molecule has 0 saturated carbocycles. The van der Waals surface area contributed by atoms with Gasteiger partial charge in [-0.05, 0) is 60.4 Å². The number of fused-ring (bicyclic) bond motifs is 1. The molecule has 0 unspecified atom stereocenters. The van der Waals surface area contributed by atoms with E-state index in [1.807, 2.05) is 6.07 Å². The van der Waals surface area contributed by atoms with E-state index in [9.17, 15) is 9.59 Å². The Morgan fingerprint density at radius 2 is 1.69 bits per heavy atom. The number of hydrogen-bond donors (Lipinski definition) is 3. The van der Waals surface area contributed by atoms with Crippen molar-refractivity contribution < 1.29 is 9.59 Å². The second-order valence-corrected chi connectivity index (χ2v) is 7.90. The minimum atomic E-state index is -0.354. The van der Waals surface area contributed by atoms with Crippen molar-refractivity contribution in [3.05, 3.63) is 83.2 Å². The number of benzene rings is 2. The molecule has 0 aliphatic heterocycles. The van der Waals surface area contributed by atoms with Crippen LogP contribution in [0.5, 0.6) is 0 Å². The third kappa shape index (κ3) is 5.67. The number of anilines is 1. The molecule has 0 spiro atoms. The summed E-state index contributed by atoms with van der Waals surface area (Å²) in [6, 6.07) is 16.6. The van der Waals surface area contributed by atoms with Gasteiger partial charge in [0.1, 0.15) is 0 Å². The Morgan fingerprint density at radius 1 is 0.943 bits per heavy atom. The van der Waals surface area contributed by atoms with Gasteiger partial charge >= 0.3 is 0 Å². The Morgan fingerprint density at radius 3 is 2.37 bits per heavy atom. The summed E-state index contributed by atoms with van der Waals surface area (Å²) >= 11 is 0. The van der Waals surface area contributed by atoms with E-state index in [0.29, 0.717) is 30.0 Å². The van der Waals surface area contributed by atoms with Crippen molar-refractivity contribution in [2.75, 3.05) is 18.4 Å². The third-order valence-electron chi connectivity index (χ3n) is 5.69. The summed E-state index contributed by atoms with van der Waals surface area (Å²) in [7, 11) is 0. The molecule has 0 fully saturated rings. The van der Waals surface area contributed by atoms with Crippen LogP contribution in [0.2, 0.25) is 0 Å². The number of nitrogens with two attached hydrogens (primary N) is 1. The molecule has 2 aromatic heterocycles. The molecule has 0 saturated heterocycles. The highest BCUT2D eigenvalue weighted by Gasteiger charge is 2.15. The fourth-order valence-corrected chi connectivity index (χ4v) is 3.87. The molecule has 0 atom stereocenters. The number of amides is 2. The average molecular weight is 493 g/mol. The molecule has 0 radical (unpaired) electrons. The molecule has 182 valence electrons. The molecule has 8 nitrogen and oxygen atoms in total. The van der Waals surface area contributed by atoms with E-state index in [0.717, 1.165) is 24.1 Å². The van der Waals surface area contributed by atoms with Gasteiger partial charge in [-0.2, -0.15) is 5.10 Å². The van der Waals surface area contributed by atoms with Gasteiger partial charge in [0, 0.05) is 42.2 Å². The number of aromatic nitrogens is 3. The lowest BCUT2D eigenvalue weighted by molar-refractivity contribution is 0.0954. The SMILES string of the molecule is CCc1ccc(-c2ccnc3cc(C(=O)Nc4ccc(C(=O)NCCN)cc4)nn23)cc1CC.Cl. The largest absolute Gasteiger partial charge is 0.351 e. The van der Waals surface area contributed by atoms with E-state index < -0.39 is 0 Å². The Hall–Kier alpha value is -3.75. The van der Waals surface area contributed by atoms with Crippen LogP contribution in [0.3, 0.4) is 0 Å². The van der Waals surface area contributed by atoms with Gasteiger partial charge in [-0.1, -0.05) is 26.0 Å². The van der Waals surface area contributed by atoms with Gasteiger partial charge in [-0.3, -0.25) is 9.59 Å². The summed E-state index contributed by atoms with van der Waals surface area (Å²) in [5, 5.41) is 10.1. The lowest BCUT2D eigenvalue weighted by atomic mass is 9.99. The van der Waals surface area contributed by atoms with Crippen LogP contribution < -0.4 is 16.4 Å². The van der Waals surface area contributed by atoms with E-state index in [2.05, 4.69) is 52.8 Å². The first kappa shape index (κ1) is 25.9. The number of carbonyl (C=O) groups is 2. The Kier molecular flexibility index (Phi) is 8.57. The second-order valence-electron chi connectivity index (χ2n) is 7.90. The smallest absolute Gasteiger partial charge is 0.276 e. The van der Waals surface area contributed by atoms with Gasteiger partial charge in [-0.25, -0.2) is 9.50 Å². The van der Waals surface area contributed by atoms with Crippen molar-refractivity contribution in [3.63, 3.8) is 0 Å². The fraction of sp³-hybridized carbons (Fsp3) is 0.231. The first-order valence-corrected chi connectivity index (χ1v) is 11.4. The number of aryl methyl sites for hydroxylation is 2. The Balaban J connectivity index is 0.00000342. The minimum absolute atomic E-state index is 0. The number of nitrogens with zero attached hydrogens (tertiary/aromatic N) is 3. The van der Waals surface area contributed by atoms with Crippen LogP contribution in [0.1, 0.15) is 45.8 Å². The van der Waals surface area contributed by atoms with Gasteiger partial charge in [0.2, 0.25) is 0 Å². The van der Waals surface area contributed by atoms with Crippen molar-refractivity contribution in [1.82, 2.24) is 19.9 Å². The summed E-state index contributed by atoms with van der Waals surface area (Å²) in [4.78, 5) is 29.3. The van der Waals surface area contributed by atoms with Crippen LogP contribution in [0.4, 0.5) is 5.69 Å². The van der Waals surface area contributed by atoms with E-state index in [1.165, 1.54) is 11.1 Å². The molecule has 4 rings (SSSR count). The number of hydrogen-bond acceptors (Lipinski definition) is 5. The summed E-state index contributed by atoms with van der Waals surface area (Å²) < 4.78 is 1.69. The van der Waals surface area contributed by atoms with Crippen LogP contribution in [-0.2, 0) is 12.8 Å². The average Bonchev–Trinajstić information content (AvgIpc) is 3.32. The Labute approximate surface area is 210 Å². The van der Waals surface area contributed by atoms with Crippen LogP contribution in [0, 0.1) is 0 Å². The lowest BCUT2D eigenvalue weighted by Crippen LogP contribution is -2.28. The number of nitrogens with one attached hydrogen (secondary N) is 2. The van der Waals surface area contributed by atoms with Crippen molar-refractivity contribution in [2.45, 2.75) is 26.7 Å². The summed E-state index contributed by atoms with van der Waals surface area (Å²) in [5.41, 5.74) is 11.8. The molecule has 2 aromatic carbocycles. The van der Waals surface area contributed by atoms with Gasteiger partial charge in [0.15, 0.2) is 11.3 Å². The third-order valence-corrected chi connectivity index (χ3v) is 5.69. The highest BCUT2D eigenvalue weighted by molar-refractivity contribution is 6.04.